The summed E-state index contributed by atoms with van der Waals surface area (Å²) in [6.07, 6.45) is 3.83. The monoisotopic (exact) mass is 279 g/mol. The maximum atomic E-state index is 13.5. The molecule has 2 aliphatic heterocycles. The molecule has 1 N–H and O–H groups in total. The Hall–Kier alpha value is -0.540. The highest BCUT2D eigenvalue weighted by Crippen LogP contribution is 2.53. The maximum absolute atomic E-state index is 13.5. The first kappa shape index (κ1) is 13.4. The highest BCUT2D eigenvalue weighted by Gasteiger charge is 2.46. The molecular formula is C16H22FNS. The fraction of sp³-hybridized carbons (Fsp3) is 0.625. The zero-order valence-electron chi connectivity index (χ0n) is 11.5. The van der Waals surface area contributed by atoms with Crippen molar-refractivity contribution in [2.45, 2.75) is 37.4 Å². The van der Waals surface area contributed by atoms with Gasteiger partial charge < -0.3 is 5.32 Å². The van der Waals surface area contributed by atoms with Crippen molar-refractivity contribution < 1.29 is 4.39 Å². The quantitative estimate of drug-likeness (QED) is 0.839. The number of hydrogen-bond acceptors (Lipinski definition) is 2. The molecule has 104 valence electrons. The van der Waals surface area contributed by atoms with E-state index < -0.39 is 0 Å². The number of hydrogen-bond donors (Lipinski definition) is 1. The predicted octanol–water partition coefficient (Wildman–Crippen LogP) is 3.80. The molecule has 0 amide bonds. The van der Waals surface area contributed by atoms with Crippen molar-refractivity contribution in [3.63, 3.8) is 0 Å². The predicted molar refractivity (Wildman–Crippen MR) is 80.2 cm³/mol. The topological polar surface area (TPSA) is 12.0 Å². The molecule has 1 aromatic rings. The van der Waals surface area contributed by atoms with Gasteiger partial charge in [-0.1, -0.05) is 19.1 Å². The summed E-state index contributed by atoms with van der Waals surface area (Å²) in [4.78, 5) is 0. The summed E-state index contributed by atoms with van der Waals surface area (Å²) in [6.45, 7) is 4.48. The molecule has 2 heterocycles. The molecule has 19 heavy (non-hydrogen) atoms. The van der Waals surface area contributed by atoms with Gasteiger partial charge in [-0.25, -0.2) is 4.39 Å². The van der Waals surface area contributed by atoms with Crippen LogP contribution in [0.1, 0.15) is 37.7 Å². The molecule has 1 aromatic carbocycles. The number of benzene rings is 1. The molecule has 3 atom stereocenters. The van der Waals surface area contributed by atoms with Crippen LogP contribution in [-0.2, 0) is 0 Å². The van der Waals surface area contributed by atoms with E-state index in [-0.39, 0.29) is 5.82 Å². The molecule has 3 rings (SSSR count). The summed E-state index contributed by atoms with van der Waals surface area (Å²) in [5, 5.41) is 4.19. The molecule has 1 spiro atoms. The lowest BCUT2D eigenvalue weighted by Crippen LogP contribution is -2.49. The van der Waals surface area contributed by atoms with Gasteiger partial charge >= 0.3 is 0 Å². The number of halogens is 1. The largest absolute Gasteiger partial charge is 0.316 e. The summed E-state index contributed by atoms with van der Waals surface area (Å²) in [7, 11) is 0. The minimum Gasteiger partial charge on any atom is -0.316 e. The molecule has 0 bridgehead atoms. The Morgan fingerprint density at radius 2 is 2.26 bits per heavy atom. The fourth-order valence-electron chi connectivity index (χ4n) is 3.93. The van der Waals surface area contributed by atoms with E-state index in [0.29, 0.717) is 16.6 Å². The Balaban J connectivity index is 1.96. The molecule has 0 radical (unpaired) electrons. The molecule has 0 saturated carbocycles. The van der Waals surface area contributed by atoms with Gasteiger partial charge in [0.25, 0.3) is 0 Å². The first-order chi connectivity index (χ1) is 9.22. The lowest BCUT2D eigenvalue weighted by Gasteiger charge is -2.51. The summed E-state index contributed by atoms with van der Waals surface area (Å²) in [6, 6.07) is 7.25. The van der Waals surface area contributed by atoms with Crippen LogP contribution in [0.5, 0.6) is 0 Å². The van der Waals surface area contributed by atoms with Crippen LogP contribution in [0.4, 0.5) is 4.39 Å². The van der Waals surface area contributed by atoms with Crippen LogP contribution in [0.2, 0.25) is 0 Å². The van der Waals surface area contributed by atoms with Gasteiger partial charge in [0, 0.05) is 17.7 Å². The number of thioether (sulfide) groups is 1. The van der Waals surface area contributed by atoms with Crippen LogP contribution in [0, 0.1) is 11.2 Å². The Kier molecular flexibility index (Phi) is 3.86. The van der Waals surface area contributed by atoms with Crippen molar-refractivity contribution in [1.82, 2.24) is 5.32 Å². The minimum absolute atomic E-state index is 0.102. The molecule has 2 saturated heterocycles. The molecule has 0 aromatic heterocycles. The van der Waals surface area contributed by atoms with Gasteiger partial charge in [0.05, 0.1) is 0 Å². The SMILES string of the molecule is CC1SCCCC12CCNCC2c1cccc(F)c1. The maximum Gasteiger partial charge on any atom is 0.123 e. The Bertz CT molecular complexity index is 444. The van der Waals surface area contributed by atoms with E-state index in [1.807, 2.05) is 6.07 Å². The number of rotatable bonds is 1. The third kappa shape index (κ3) is 2.43. The highest BCUT2D eigenvalue weighted by molar-refractivity contribution is 7.99. The average molecular weight is 279 g/mol. The van der Waals surface area contributed by atoms with Gasteiger partial charge in [0.15, 0.2) is 0 Å². The van der Waals surface area contributed by atoms with E-state index >= 15 is 0 Å². The molecule has 0 aliphatic carbocycles. The first-order valence-electron chi connectivity index (χ1n) is 7.30. The molecule has 2 aliphatic rings. The van der Waals surface area contributed by atoms with E-state index in [1.54, 1.807) is 12.1 Å². The molecule has 3 unspecified atom stereocenters. The number of nitrogens with one attached hydrogen (secondary N) is 1. The van der Waals surface area contributed by atoms with Crippen LogP contribution < -0.4 is 5.32 Å². The van der Waals surface area contributed by atoms with Gasteiger partial charge in [-0.15, -0.1) is 0 Å². The smallest absolute Gasteiger partial charge is 0.123 e. The standard InChI is InChI=1S/C16H22FNS/c1-12-16(6-3-9-19-12)7-8-18-11-15(16)13-4-2-5-14(17)10-13/h2,4-5,10,12,15,18H,3,6-9,11H2,1H3. The second-order valence-electron chi connectivity index (χ2n) is 5.91. The van der Waals surface area contributed by atoms with E-state index in [0.717, 1.165) is 13.1 Å². The second-order valence-corrected chi connectivity index (χ2v) is 7.36. The summed E-state index contributed by atoms with van der Waals surface area (Å²) >= 11 is 2.10. The van der Waals surface area contributed by atoms with Gasteiger partial charge in [-0.2, -0.15) is 11.8 Å². The van der Waals surface area contributed by atoms with Crippen LogP contribution in [-0.4, -0.2) is 24.1 Å². The second kappa shape index (κ2) is 5.45. The van der Waals surface area contributed by atoms with Gasteiger partial charge in [-0.3, -0.25) is 0 Å². The van der Waals surface area contributed by atoms with E-state index in [2.05, 4.69) is 30.1 Å². The Labute approximate surface area is 119 Å². The summed E-state index contributed by atoms with van der Waals surface area (Å²) in [5.41, 5.74) is 1.55. The van der Waals surface area contributed by atoms with Crippen LogP contribution in [0.25, 0.3) is 0 Å². The van der Waals surface area contributed by atoms with Crippen molar-refractivity contribution in [3.8, 4) is 0 Å². The lowest BCUT2D eigenvalue weighted by atomic mass is 9.63. The van der Waals surface area contributed by atoms with Gasteiger partial charge in [0.1, 0.15) is 5.82 Å². The number of piperidine rings is 1. The first-order valence-corrected chi connectivity index (χ1v) is 8.35. The van der Waals surface area contributed by atoms with Crippen molar-refractivity contribution in [2.75, 3.05) is 18.8 Å². The zero-order valence-corrected chi connectivity index (χ0v) is 12.3. The highest BCUT2D eigenvalue weighted by atomic mass is 32.2. The van der Waals surface area contributed by atoms with Crippen molar-refractivity contribution >= 4 is 11.8 Å². The van der Waals surface area contributed by atoms with E-state index in [1.165, 1.54) is 30.6 Å². The van der Waals surface area contributed by atoms with Crippen LogP contribution in [0.3, 0.4) is 0 Å². The molecular weight excluding hydrogens is 257 g/mol. The normalized spacial score (nSPS) is 35.5. The average Bonchev–Trinajstić information content (AvgIpc) is 2.43. The molecule has 2 fully saturated rings. The van der Waals surface area contributed by atoms with Crippen molar-refractivity contribution in [1.29, 1.82) is 0 Å². The molecule has 3 heteroatoms. The summed E-state index contributed by atoms with van der Waals surface area (Å²) < 4.78 is 13.5. The van der Waals surface area contributed by atoms with E-state index in [4.69, 9.17) is 0 Å². The third-order valence-electron chi connectivity index (χ3n) is 5.02. The fourth-order valence-corrected chi connectivity index (χ4v) is 5.33. The van der Waals surface area contributed by atoms with Crippen LogP contribution in [0.15, 0.2) is 24.3 Å². The third-order valence-corrected chi connectivity index (χ3v) is 6.52. The molecule has 1 nitrogen and oxygen atoms in total. The van der Waals surface area contributed by atoms with Crippen LogP contribution >= 0.6 is 11.8 Å². The lowest BCUT2D eigenvalue weighted by molar-refractivity contribution is 0.141. The van der Waals surface area contributed by atoms with Gasteiger partial charge in [0.2, 0.25) is 0 Å². The minimum atomic E-state index is -0.102. The van der Waals surface area contributed by atoms with E-state index in [9.17, 15) is 4.39 Å². The Morgan fingerprint density at radius 1 is 1.37 bits per heavy atom. The Morgan fingerprint density at radius 3 is 3.05 bits per heavy atom. The van der Waals surface area contributed by atoms with Crippen molar-refractivity contribution in [3.05, 3.63) is 35.6 Å². The zero-order chi connectivity index (χ0) is 13.3. The van der Waals surface area contributed by atoms with Crippen molar-refractivity contribution in [2.24, 2.45) is 5.41 Å². The van der Waals surface area contributed by atoms with Gasteiger partial charge in [-0.05, 0) is 54.7 Å². The summed E-state index contributed by atoms with van der Waals surface area (Å²) in [5.74, 6) is 1.64.